The first-order valence-corrected chi connectivity index (χ1v) is 5.64. The van der Waals surface area contributed by atoms with Gasteiger partial charge in [0.2, 0.25) is 0 Å². The van der Waals surface area contributed by atoms with Crippen molar-refractivity contribution in [1.82, 2.24) is 9.97 Å². The molecule has 17 heavy (non-hydrogen) atoms. The Kier molecular flexibility index (Phi) is 3.65. The Hall–Kier alpha value is -1.53. The van der Waals surface area contributed by atoms with Crippen LogP contribution in [0.3, 0.4) is 0 Å². The van der Waals surface area contributed by atoms with Crippen LogP contribution in [0, 0.1) is 11.6 Å². The fraction of sp³-hybridized carbons (Fsp3) is 0.0909. The summed E-state index contributed by atoms with van der Waals surface area (Å²) in [5.41, 5.74) is 6.04. The fourth-order valence-corrected chi connectivity index (χ4v) is 1.90. The first-order valence-electron chi connectivity index (χ1n) is 4.83. The first kappa shape index (κ1) is 11.9. The maximum absolute atomic E-state index is 13.4. The SMILES string of the molecule is NCc1cnc(Sc2ccc(F)cc2F)cn1. The zero-order chi connectivity index (χ0) is 12.3. The Morgan fingerprint density at radius 3 is 2.59 bits per heavy atom. The molecule has 0 aliphatic heterocycles. The van der Waals surface area contributed by atoms with Gasteiger partial charge in [0.25, 0.3) is 0 Å². The van der Waals surface area contributed by atoms with E-state index in [1.54, 1.807) is 0 Å². The second kappa shape index (κ2) is 5.20. The van der Waals surface area contributed by atoms with E-state index in [1.165, 1.54) is 24.5 Å². The highest BCUT2D eigenvalue weighted by Gasteiger charge is 2.06. The molecule has 3 nitrogen and oxygen atoms in total. The standard InChI is InChI=1S/C11H9F2N3S/c12-7-1-2-10(9(13)3-7)17-11-6-15-8(4-14)5-16-11/h1-3,5-6H,4,14H2. The summed E-state index contributed by atoms with van der Waals surface area (Å²) in [6.45, 7) is 0.308. The van der Waals surface area contributed by atoms with Crippen molar-refractivity contribution in [3.63, 3.8) is 0 Å². The van der Waals surface area contributed by atoms with Crippen LogP contribution >= 0.6 is 11.8 Å². The van der Waals surface area contributed by atoms with Gasteiger partial charge in [-0.05, 0) is 12.1 Å². The number of nitrogens with zero attached hydrogens (tertiary/aromatic N) is 2. The summed E-state index contributed by atoms with van der Waals surface area (Å²) in [5, 5.41) is 0.535. The molecule has 0 unspecified atom stereocenters. The van der Waals surface area contributed by atoms with Crippen LogP contribution in [0.5, 0.6) is 0 Å². The molecule has 0 saturated heterocycles. The van der Waals surface area contributed by atoms with Crippen molar-refractivity contribution < 1.29 is 8.78 Å². The van der Waals surface area contributed by atoms with E-state index in [4.69, 9.17) is 5.73 Å². The third-order valence-electron chi connectivity index (χ3n) is 2.00. The van der Waals surface area contributed by atoms with E-state index in [2.05, 4.69) is 9.97 Å². The molecule has 2 aromatic rings. The largest absolute Gasteiger partial charge is 0.325 e. The quantitative estimate of drug-likeness (QED) is 0.912. The highest BCUT2D eigenvalue weighted by molar-refractivity contribution is 7.99. The molecule has 0 aliphatic carbocycles. The number of hydrogen-bond donors (Lipinski definition) is 1. The average molecular weight is 253 g/mol. The molecule has 0 atom stereocenters. The molecule has 2 rings (SSSR count). The van der Waals surface area contributed by atoms with Gasteiger partial charge in [0.1, 0.15) is 16.7 Å². The summed E-state index contributed by atoms with van der Waals surface area (Å²) in [6, 6.07) is 3.41. The molecule has 2 N–H and O–H groups in total. The lowest BCUT2D eigenvalue weighted by atomic mass is 10.3. The summed E-state index contributed by atoms with van der Waals surface area (Å²) in [6.07, 6.45) is 3.04. The van der Waals surface area contributed by atoms with Crippen LogP contribution in [0.25, 0.3) is 0 Å². The third-order valence-corrected chi connectivity index (χ3v) is 2.97. The Bertz CT molecular complexity index is 517. The zero-order valence-corrected chi connectivity index (χ0v) is 9.55. The fourth-order valence-electron chi connectivity index (χ4n) is 1.17. The first-order chi connectivity index (χ1) is 8.19. The van der Waals surface area contributed by atoms with E-state index in [0.717, 1.165) is 17.8 Å². The molecule has 0 saturated carbocycles. The lowest BCUT2D eigenvalue weighted by Gasteiger charge is -2.02. The van der Waals surface area contributed by atoms with Gasteiger partial charge >= 0.3 is 0 Å². The van der Waals surface area contributed by atoms with Crippen LogP contribution < -0.4 is 5.73 Å². The topological polar surface area (TPSA) is 51.8 Å². The van der Waals surface area contributed by atoms with E-state index in [9.17, 15) is 8.78 Å². The molecule has 6 heteroatoms. The maximum Gasteiger partial charge on any atom is 0.140 e. The molecule has 1 heterocycles. The van der Waals surface area contributed by atoms with Crippen molar-refractivity contribution in [1.29, 1.82) is 0 Å². The van der Waals surface area contributed by atoms with Crippen molar-refractivity contribution in [2.24, 2.45) is 5.73 Å². The van der Waals surface area contributed by atoms with Gasteiger partial charge in [0.15, 0.2) is 0 Å². The van der Waals surface area contributed by atoms with Crippen molar-refractivity contribution >= 4 is 11.8 Å². The Balaban J connectivity index is 2.19. The summed E-state index contributed by atoms with van der Waals surface area (Å²) >= 11 is 1.09. The number of benzene rings is 1. The molecule has 1 aromatic heterocycles. The van der Waals surface area contributed by atoms with E-state index >= 15 is 0 Å². The molecule has 0 amide bonds. The van der Waals surface area contributed by atoms with E-state index in [1.807, 2.05) is 0 Å². The van der Waals surface area contributed by atoms with E-state index in [-0.39, 0.29) is 0 Å². The summed E-state index contributed by atoms with van der Waals surface area (Å²) in [4.78, 5) is 8.41. The number of rotatable bonds is 3. The van der Waals surface area contributed by atoms with Crippen molar-refractivity contribution in [2.75, 3.05) is 0 Å². The van der Waals surface area contributed by atoms with E-state index < -0.39 is 11.6 Å². The van der Waals surface area contributed by atoms with Gasteiger partial charge < -0.3 is 5.73 Å². The monoisotopic (exact) mass is 253 g/mol. The van der Waals surface area contributed by atoms with Crippen LogP contribution in [0.2, 0.25) is 0 Å². The molecular weight excluding hydrogens is 244 g/mol. The van der Waals surface area contributed by atoms with Gasteiger partial charge in [-0.15, -0.1) is 0 Å². The molecule has 0 fully saturated rings. The Morgan fingerprint density at radius 1 is 1.18 bits per heavy atom. The molecule has 0 bridgehead atoms. The number of halogens is 2. The maximum atomic E-state index is 13.4. The highest BCUT2D eigenvalue weighted by atomic mass is 32.2. The Morgan fingerprint density at radius 2 is 2.00 bits per heavy atom. The third kappa shape index (κ3) is 2.98. The average Bonchev–Trinajstić information content (AvgIpc) is 2.34. The van der Waals surface area contributed by atoms with E-state index in [0.29, 0.717) is 22.2 Å². The normalized spacial score (nSPS) is 10.5. The lowest BCUT2D eigenvalue weighted by molar-refractivity contribution is 0.565. The van der Waals surface area contributed by atoms with Gasteiger partial charge in [0.05, 0.1) is 18.1 Å². The van der Waals surface area contributed by atoms with Gasteiger partial charge in [-0.3, -0.25) is 4.98 Å². The molecule has 1 aromatic carbocycles. The van der Waals surface area contributed by atoms with Gasteiger partial charge in [-0.1, -0.05) is 11.8 Å². The van der Waals surface area contributed by atoms with Crippen LogP contribution in [-0.4, -0.2) is 9.97 Å². The minimum Gasteiger partial charge on any atom is -0.325 e. The van der Waals surface area contributed by atoms with Crippen LogP contribution in [0.15, 0.2) is 40.5 Å². The van der Waals surface area contributed by atoms with Crippen molar-refractivity contribution in [2.45, 2.75) is 16.5 Å². The van der Waals surface area contributed by atoms with Crippen LogP contribution in [0.4, 0.5) is 8.78 Å². The minimum atomic E-state index is -0.611. The number of nitrogens with two attached hydrogens (primary N) is 1. The Labute approximate surface area is 101 Å². The molecular formula is C11H9F2N3S. The van der Waals surface area contributed by atoms with Gasteiger partial charge in [0, 0.05) is 17.5 Å². The molecule has 0 aliphatic rings. The summed E-state index contributed by atoms with van der Waals surface area (Å²) < 4.78 is 26.0. The number of aromatic nitrogens is 2. The second-order valence-electron chi connectivity index (χ2n) is 3.23. The molecule has 88 valence electrons. The molecule has 0 radical (unpaired) electrons. The minimum absolute atomic E-state index is 0.307. The number of hydrogen-bond acceptors (Lipinski definition) is 4. The predicted octanol–water partition coefficient (Wildman–Crippen LogP) is 2.36. The predicted molar refractivity (Wildman–Crippen MR) is 60.4 cm³/mol. The zero-order valence-electron chi connectivity index (χ0n) is 8.73. The highest BCUT2D eigenvalue weighted by Crippen LogP contribution is 2.28. The summed E-state index contributed by atoms with van der Waals surface area (Å²) in [7, 11) is 0. The van der Waals surface area contributed by atoms with Crippen molar-refractivity contribution in [3.8, 4) is 0 Å². The smallest absolute Gasteiger partial charge is 0.140 e. The van der Waals surface area contributed by atoms with Crippen LogP contribution in [-0.2, 0) is 6.54 Å². The van der Waals surface area contributed by atoms with Crippen LogP contribution in [0.1, 0.15) is 5.69 Å². The second-order valence-corrected chi connectivity index (χ2v) is 4.29. The van der Waals surface area contributed by atoms with Crippen molar-refractivity contribution in [3.05, 3.63) is 47.9 Å². The lowest BCUT2D eigenvalue weighted by Crippen LogP contribution is -2.00. The molecule has 0 spiro atoms. The van der Waals surface area contributed by atoms with Gasteiger partial charge in [-0.2, -0.15) is 0 Å². The summed E-state index contributed by atoms with van der Waals surface area (Å²) in [5.74, 6) is -1.21. The van der Waals surface area contributed by atoms with Gasteiger partial charge in [-0.25, -0.2) is 13.8 Å².